The Morgan fingerprint density at radius 2 is 2.17 bits per heavy atom. The quantitative estimate of drug-likeness (QED) is 0.812. The summed E-state index contributed by atoms with van der Waals surface area (Å²) in [6.07, 6.45) is 0.715. The fourth-order valence-corrected chi connectivity index (χ4v) is 2.16. The van der Waals surface area contributed by atoms with Crippen LogP contribution in [0.3, 0.4) is 0 Å². The number of hydrogen-bond acceptors (Lipinski definition) is 4. The summed E-state index contributed by atoms with van der Waals surface area (Å²) in [4.78, 5) is 12.2. The maximum atomic E-state index is 12.2. The first-order valence-electron chi connectivity index (χ1n) is 5.86. The van der Waals surface area contributed by atoms with Crippen LogP contribution in [0.4, 0.5) is 0 Å². The average molecular weight is 243 g/mol. The van der Waals surface area contributed by atoms with Crippen molar-refractivity contribution in [1.82, 2.24) is 25.5 Å². The van der Waals surface area contributed by atoms with Crippen molar-refractivity contribution in [2.24, 2.45) is 0 Å². The summed E-state index contributed by atoms with van der Waals surface area (Å²) in [5, 5.41) is 14.8. The zero-order valence-corrected chi connectivity index (χ0v) is 10.2. The lowest BCUT2D eigenvalue weighted by molar-refractivity contribution is 0.0902. The number of tetrazole rings is 1. The van der Waals surface area contributed by atoms with Crippen molar-refractivity contribution in [3.05, 3.63) is 35.7 Å². The second-order valence-corrected chi connectivity index (χ2v) is 4.57. The van der Waals surface area contributed by atoms with Crippen LogP contribution in [-0.2, 0) is 5.54 Å². The Balaban J connectivity index is 2.32. The van der Waals surface area contributed by atoms with Crippen LogP contribution in [-0.4, -0.2) is 26.1 Å². The maximum Gasteiger partial charge on any atom is 0.254 e. The molecular formula is C12H13N5O. The van der Waals surface area contributed by atoms with Crippen LogP contribution in [0.5, 0.6) is 0 Å². The van der Waals surface area contributed by atoms with Crippen molar-refractivity contribution in [3.8, 4) is 5.69 Å². The molecule has 0 bridgehead atoms. The predicted molar refractivity (Wildman–Crippen MR) is 64.3 cm³/mol. The molecule has 1 aromatic carbocycles. The van der Waals surface area contributed by atoms with Crippen LogP contribution < -0.4 is 5.32 Å². The van der Waals surface area contributed by atoms with Gasteiger partial charge in [0.1, 0.15) is 0 Å². The smallest absolute Gasteiger partial charge is 0.254 e. The monoisotopic (exact) mass is 243 g/mol. The van der Waals surface area contributed by atoms with E-state index in [1.165, 1.54) is 0 Å². The molecule has 0 spiro atoms. The van der Waals surface area contributed by atoms with Gasteiger partial charge in [0.25, 0.3) is 5.91 Å². The van der Waals surface area contributed by atoms with Crippen molar-refractivity contribution in [3.63, 3.8) is 0 Å². The molecule has 1 amide bonds. The number of aromatic nitrogens is 4. The minimum Gasteiger partial charge on any atom is -0.339 e. The largest absolute Gasteiger partial charge is 0.339 e. The Bertz CT molecular complexity index is 620. The molecule has 6 nitrogen and oxygen atoms in total. The second-order valence-electron chi connectivity index (χ2n) is 4.57. The van der Waals surface area contributed by atoms with Crippen LogP contribution in [0.25, 0.3) is 5.69 Å². The first-order valence-corrected chi connectivity index (χ1v) is 5.86. The summed E-state index contributed by atoms with van der Waals surface area (Å²) in [7, 11) is 0. The fourth-order valence-electron chi connectivity index (χ4n) is 2.16. The Kier molecular flexibility index (Phi) is 2.19. The lowest BCUT2D eigenvalue weighted by atomic mass is 9.98. The molecule has 1 atom stereocenters. The molecule has 1 aromatic heterocycles. The lowest BCUT2D eigenvalue weighted by Crippen LogP contribution is -2.43. The molecule has 2 heterocycles. The third-order valence-corrected chi connectivity index (χ3v) is 3.44. The van der Waals surface area contributed by atoms with E-state index >= 15 is 0 Å². The van der Waals surface area contributed by atoms with Crippen LogP contribution in [0.1, 0.15) is 36.5 Å². The molecule has 0 saturated carbocycles. The van der Waals surface area contributed by atoms with E-state index in [4.69, 9.17) is 0 Å². The van der Waals surface area contributed by atoms with Gasteiger partial charge >= 0.3 is 0 Å². The highest BCUT2D eigenvalue weighted by molar-refractivity contribution is 5.98. The molecule has 18 heavy (non-hydrogen) atoms. The zero-order valence-electron chi connectivity index (χ0n) is 10.2. The van der Waals surface area contributed by atoms with Gasteiger partial charge in [0, 0.05) is 0 Å². The lowest BCUT2D eigenvalue weighted by Gasteiger charge is -2.25. The summed E-state index contributed by atoms with van der Waals surface area (Å²) < 4.78 is 1.64. The molecule has 0 radical (unpaired) electrons. The fraction of sp³-hybridized carbons (Fsp3) is 0.333. The van der Waals surface area contributed by atoms with Crippen LogP contribution in [0.2, 0.25) is 0 Å². The van der Waals surface area contributed by atoms with E-state index < -0.39 is 5.54 Å². The number of fused-ring (bicyclic) bond motifs is 3. The van der Waals surface area contributed by atoms with Gasteiger partial charge in [-0.1, -0.05) is 19.1 Å². The van der Waals surface area contributed by atoms with Gasteiger partial charge in [-0.05, 0) is 35.9 Å². The molecule has 0 aliphatic carbocycles. The number of para-hydroxylation sites is 1. The highest BCUT2D eigenvalue weighted by atomic mass is 16.2. The van der Waals surface area contributed by atoms with Crippen molar-refractivity contribution >= 4 is 5.91 Å². The van der Waals surface area contributed by atoms with Gasteiger partial charge in [0.05, 0.1) is 16.8 Å². The Labute approximate surface area is 104 Å². The highest BCUT2D eigenvalue weighted by Crippen LogP contribution is 2.29. The topological polar surface area (TPSA) is 72.7 Å². The number of benzene rings is 1. The minimum absolute atomic E-state index is 0.109. The molecule has 1 aliphatic heterocycles. The van der Waals surface area contributed by atoms with E-state index in [9.17, 15) is 4.79 Å². The first-order chi connectivity index (χ1) is 8.65. The molecule has 92 valence electrons. The second kappa shape index (κ2) is 3.63. The summed E-state index contributed by atoms with van der Waals surface area (Å²) >= 11 is 0. The van der Waals surface area contributed by atoms with Crippen LogP contribution in [0, 0.1) is 0 Å². The van der Waals surface area contributed by atoms with Crippen molar-refractivity contribution in [1.29, 1.82) is 0 Å². The van der Waals surface area contributed by atoms with E-state index in [2.05, 4.69) is 20.8 Å². The number of rotatable bonds is 1. The van der Waals surface area contributed by atoms with Gasteiger partial charge in [-0.25, -0.2) is 0 Å². The molecule has 1 unspecified atom stereocenters. The van der Waals surface area contributed by atoms with Gasteiger partial charge in [0.2, 0.25) is 0 Å². The van der Waals surface area contributed by atoms with Crippen molar-refractivity contribution in [2.45, 2.75) is 25.8 Å². The number of carbonyl (C=O) groups excluding carboxylic acids is 1. The van der Waals surface area contributed by atoms with E-state index in [0.29, 0.717) is 23.5 Å². The third kappa shape index (κ3) is 1.35. The summed E-state index contributed by atoms with van der Waals surface area (Å²) in [6, 6.07) is 7.32. The summed E-state index contributed by atoms with van der Waals surface area (Å²) in [5.74, 6) is 0.547. The van der Waals surface area contributed by atoms with Gasteiger partial charge in [-0.3, -0.25) is 4.79 Å². The Morgan fingerprint density at radius 3 is 2.94 bits per heavy atom. The maximum absolute atomic E-state index is 12.2. The number of nitrogens with one attached hydrogen (secondary N) is 1. The van der Waals surface area contributed by atoms with Crippen LogP contribution in [0.15, 0.2) is 24.3 Å². The third-order valence-electron chi connectivity index (χ3n) is 3.44. The predicted octanol–water partition coefficient (Wildman–Crippen LogP) is 1.03. The molecule has 3 rings (SSSR count). The van der Waals surface area contributed by atoms with Crippen molar-refractivity contribution < 1.29 is 4.79 Å². The normalized spacial score (nSPS) is 21.8. The standard InChI is InChI=1S/C12H13N5O/c1-3-12(2)11-14-15-16-17(11)9-7-5-4-6-8(9)10(18)13-12/h4-7H,3H2,1-2H3,(H,13,18). The van der Waals surface area contributed by atoms with E-state index in [0.717, 1.165) is 0 Å². The van der Waals surface area contributed by atoms with Gasteiger partial charge in [-0.2, -0.15) is 4.68 Å². The van der Waals surface area contributed by atoms with Crippen molar-refractivity contribution in [2.75, 3.05) is 0 Å². The Morgan fingerprint density at radius 1 is 1.39 bits per heavy atom. The van der Waals surface area contributed by atoms with E-state index in [1.807, 2.05) is 32.0 Å². The number of hydrogen-bond donors (Lipinski definition) is 1. The number of nitrogens with zero attached hydrogens (tertiary/aromatic N) is 4. The zero-order chi connectivity index (χ0) is 12.8. The molecule has 0 fully saturated rings. The van der Waals surface area contributed by atoms with Gasteiger partial charge in [-0.15, -0.1) is 5.10 Å². The molecule has 0 saturated heterocycles. The SMILES string of the molecule is CCC1(C)NC(=O)c2ccccc2-n2nnnc21. The summed E-state index contributed by atoms with van der Waals surface area (Å²) in [5.41, 5.74) is 0.745. The van der Waals surface area contributed by atoms with Gasteiger partial charge in [0.15, 0.2) is 5.82 Å². The van der Waals surface area contributed by atoms with E-state index in [1.54, 1.807) is 10.7 Å². The Hall–Kier alpha value is -2.24. The molecule has 1 N–H and O–H groups in total. The van der Waals surface area contributed by atoms with E-state index in [-0.39, 0.29) is 5.91 Å². The molecule has 2 aromatic rings. The van der Waals surface area contributed by atoms with Crippen LogP contribution >= 0.6 is 0 Å². The van der Waals surface area contributed by atoms with Gasteiger partial charge < -0.3 is 5.32 Å². The number of carbonyl (C=O) groups is 1. The summed E-state index contributed by atoms with van der Waals surface area (Å²) in [6.45, 7) is 3.92. The molecular weight excluding hydrogens is 230 g/mol. The minimum atomic E-state index is -0.556. The first kappa shape index (κ1) is 10.9. The molecule has 6 heteroatoms. The molecule has 1 aliphatic rings. The number of amides is 1. The highest BCUT2D eigenvalue weighted by Gasteiger charge is 2.37. The average Bonchev–Trinajstić information content (AvgIpc) is 2.85.